The summed E-state index contributed by atoms with van der Waals surface area (Å²) in [6.07, 6.45) is 0. The summed E-state index contributed by atoms with van der Waals surface area (Å²) in [6, 6.07) is 5.78. The van der Waals surface area contributed by atoms with Crippen LogP contribution < -0.4 is 4.70 Å². The highest BCUT2D eigenvalue weighted by Crippen LogP contribution is 2.24. The van der Waals surface area contributed by atoms with Gasteiger partial charge in [-0.1, -0.05) is 17.7 Å². The van der Waals surface area contributed by atoms with Gasteiger partial charge in [-0.15, -0.1) is 4.71 Å². The van der Waals surface area contributed by atoms with Gasteiger partial charge >= 0.3 is 0 Å². The Morgan fingerprint density at radius 3 is 1.73 bits per heavy atom. The van der Waals surface area contributed by atoms with Gasteiger partial charge in [-0.05, 0) is 23.5 Å². The van der Waals surface area contributed by atoms with E-state index in [4.69, 9.17) is 0 Å². The molecule has 3 aliphatic rings. The Balaban J connectivity index is 0.000000211. The van der Waals surface area contributed by atoms with Gasteiger partial charge in [0.25, 0.3) is 0 Å². The molecule has 0 aromatic heterocycles. The van der Waals surface area contributed by atoms with Crippen LogP contribution in [0.15, 0.2) is 29.2 Å². The maximum Gasteiger partial charge on any atom is 0.164 e. The molecule has 5 nitrogen and oxygen atoms in total. The smallest absolute Gasteiger partial charge is 0.164 e. The van der Waals surface area contributed by atoms with Crippen molar-refractivity contribution in [2.24, 2.45) is 0 Å². The van der Waals surface area contributed by atoms with Crippen molar-refractivity contribution in [3.05, 3.63) is 29.8 Å². The molecule has 3 aliphatic heterocycles. The Bertz CT molecular complexity index is 562. The highest BCUT2D eigenvalue weighted by molar-refractivity contribution is 7.85. The van der Waals surface area contributed by atoms with Gasteiger partial charge in [0.15, 0.2) is 19.6 Å². The second-order valence-corrected chi connectivity index (χ2v) is 7.64. The second-order valence-electron chi connectivity index (χ2n) is 6.26. The zero-order valence-electron chi connectivity index (χ0n) is 12.8. The molecule has 0 spiro atoms. The van der Waals surface area contributed by atoms with Crippen molar-refractivity contribution in [3.8, 4) is 0 Å². The Hall–Kier alpha value is -1.09. The van der Waals surface area contributed by atoms with Crippen LogP contribution in [0.25, 0.3) is 0 Å². The number of benzene rings is 1. The number of likely N-dealkylation sites (N-methyl/N-ethyl adjacent to an activating group) is 1. The van der Waals surface area contributed by atoms with Crippen molar-refractivity contribution in [1.82, 2.24) is 0 Å². The number of hydrogen-bond acceptors (Lipinski definition) is 3. The quantitative estimate of drug-likeness (QED) is 0.341. The van der Waals surface area contributed by atoms with Gasteiger partial charge in [0.1, 0.15) is 29.8 Å². The van der Waals surface area contributed by atoms with Crippen molar-refractivity contribution < 1.29 is 31.3 Å². The molecule has 1 aromatic rings. The molecule has 0 unspecified atom stereocenters. The predicted octanol–water partition coefficient (Wildman–Crippen LogP) is -1.94. The Morgan fingerprint density at radius 1 is 1.00 bits per heavy atom. The van der Waals surface area contributed by atoms with Crippen LogP contribution in [0.4, 0.5) is 4.48 Å². The van der Waals surface area contributed by atoms with Crippen molar-refractivity contribution in [1.29, 1.82) is 0 Å². The van der Waals surface area contributed by atoms with Gasteiger partial charge in [-0.2, -0.15) is 0 Å². The van der Waals surface area contributed by atoms with Crippen molar-refractivity contribution >= 4 is 10.1 Å². The standard InChI is InChI=1S/C7H15FN2.C7H8O3S.FH/c1-9-2-5-10(8,6-3-9)7-4-9;1-6-2-4-7(5-3-6)11(8,9)10;/h2-7H2,1H3;2-5H,1H3,(H,8,9,10);1H/q+2;;/p-2. The van der Waals surface area contributed by atoms with E-state index in [-0.39, 0.29) is 14.3 Å². The van der Waals surface area contributed by atoms with Crippen molar-refractivity contribution in [2.45, 2.75) is 11.8 Å². The average molecular weight is 336 g/mol. The van der Waals surface area contributed by atoms with Crippen LogP contribution in [0, 0.1) is 6.92 Å². The fourth-order valence-corrected chi connectivity index (χ4v) is 3.11. The van der Waals surface area contributed by atoms with Crippen molar-refractivity contribution in [2.75, 3.05) is 46.3 Å². The molecular formula is C14H22F2N2O3S. The lowest BCUT2D eigenvalue weighted by atomic mass is 10.2. The minimum absolute atomic E-state index is 0. The topological polar surface area (TPSA) is 57.2 Å². The van der Waals surface area contributed by atoms with E-state index in [0.717, 1.165) is 49.3 Å². The van der Waals surface area contributed by atoms with Gasteiger partial charge in [-0.25, -0.2) is 8.42 Å². The third-order valence-electron chi connectivity index (χ3n) is 4.43. The largest absolute Gasteiger partial charge is 1.00 e. The minimum atomic E-state index is -4.27. The maximum atomic E-state index is 13.4. The van der Waals surface area contributed by atoms with Crippen LogP contribution in [-0.2, 0) is 10.1 Å². The highest BCUT2D eigenvalue weighted by atomic mass is 32.2. The lowest BCUT2D eigenvalue weighted by Crippen LogP contribution is -3.00. The van der Waals surface area contributed by atoms with Gasteiger partial charge in [0.2, 0.25) is 0 Å². The molecule has 8 heteroatoms. The Morgan fingerprint density at radius 2 is 1.41 bits per heavy atom. The number of nitrogens with zero attached hydrogens (tertiary/aromatic N) is 2. The first-order valence-electron chi connectivity index (χ1n) is 7.04. The summed E-state index contributed by atoms with van der Waals surface area (Å²) in [5, 5.41) is 0. The van der Waals surface area contributed by atoms with Crippen LogP contribution in [0.3, 0.4) is 0 Å². The van der Waals surface area contributed by atoms with Crippen LogP contribution in [0.1, 0.15) is 5.56 Å². The third kappa shape index (κ3) is 4.70. The van der Waals surface area contributed by atoms with E-state index in [2.05, 4.69) is 7.05 Å². The lowest BCUT2D eigenvalue weighted by Gasteiger charge is -2.47. The third-order valence-corrected chi connectivity index (χ3v) is 5.28. The molecule has 0 saturated carbocycles. The van der Waals surface area contributed by atoms with Gasteiger partial charge in [0, 0.05) is 0 Å². The SMILES string of the molecule is C[N+]12CC[N+](F)(CC1)CC2.Cc1ccc(S(=O)(=O)[O-])cc1.[F-]. The van der Waals surface area contributed by atoms with E-state index >= 15 is 0 Å². The molecule has 0 radical (unpaired) electrons. The fourth-order valence-electron chi connectivity index (χ4n) is 2.64. The zero-order chi connectivity index (χ0) is 15.7. The summed E-state index contributed by atoms with van der Waals surface area (Å²) >= 11 is 0. The van der Waals surface area contributed by atoms with E-state index in [1.807, 2.05) is 6.92 Å². The predicted molar refractivity (Wildman–Crippen MR) is 75.9 cm³/mol. The van der Waals surface area contributed by atoms with Gasteiger partial charge in [-0.3, -0.25) is 0 Å². The van der Waals surface area contributed by atoms with E-state index in [1.165, 1.54) is 12.1 Å². The number of aryl methyl sites for hydroxylation is 1. The number of piperazine rings is 3. The minimum Gasteiger partial charge on any atom is -1.00 e. The van der Waals surface area contributed by atoms with Crippen LogP contribution in [0.2, 0.25) is 0 Å². The molecule has 1 aromatic carbocycles. The molecule has 3 saturated heterocycles. The van der Waals surface area contributed by atoms with Crippen LogP contribution >= 0.6 is 0 Å². The molecule has 0 atom stereocenters. The van der Waals surface area contributed by atoms with Crippen LogP contribution in [0.5, 0.6) is 0 Å². The zero-order valence-corrected chi connectivity index (χ0v) is 13.7. The molecule has 4 rings (SSSR count). The summed E-state index contributed by atoms with van der Waals surface area (Å²) < 4.78 is 45.6. The molecule has 22 heavy (non-hydrogen) atoms. The fraction of sp³-hybridized carbons (Fsp3) is 0.571. The molecule has 0 amide bonds. The molecule has 2 bridgehead atoms. The Kier molecular flexibility index (Phi) is 5.66. The molecule has 3 heterocycles. The molecule has 3 fully saturated rings. The first kappa shape index (κ1) is 19.0. The summed E-state index contributed by atoms with van der Waals surface area (Å²) in [7, 11) is -2.03. The normalized spacial score (nSPS) is 30.0. The van der Waals surface area contributed by atoms with Gasteiger partial charge < -0.3 is 13.7 Å². The lowest BCUT2D eigenvalue weighted by molar-refractivity contribution is -1.14. The number of quaternary nitrogens is 2. The second kappa shape index (κ2) is 6.57. The van der Waals surface area contributed by atoms with Crippen LogP contribution in [-0.4, -0.2) is 68.5 Å². The number of rotatable bonds is 1. The summed E-state index contributed by atoms with van der Waals surface area (Å²) in [6.45, 7) is 7.17. The first-order valence-corrected chi connectivity index (χ1v) is 8.45. The monoisotopic (exact) mass is 336 g/mol. The van der Waals surface area contributed by atoms with E-state index in [1.54, 1.807) is 12.1 Å². The maximum absolute atomic E-state index is 13.4. The highest BCUT2D eigenvalue weighted by Gasteiger charge is 2.48. The first-order chi connectivity index (χ1) is 9.62. The summed E-state index contributed by atoms with van der Waals surface area (Å²) in [5.74, 6) is 0. The molecule has 0 aliphatic carbocycles. The Labute approximate surface area is 130 Å². The molecule has 126 valence electrons. The van der Waals surface area contributed by atoms with Gasteiger partial charge in [0.05, 0.1) is 11.9 Å². The summed E-state index contributed by atoms with van der Waals surface area (Å²) in [4.78, 5) is -0.178. The average Bonchev–Trinajstić information content (AvgIpc) is 2.41. The summed E-state index contributed by atoms with van der Waals surface area (Å²) in [5.41, 5.74) is 0.928. The molecule has 0 N–H and O–H groups in total. The number of hydrogen-bond donors (Lipinski definition) is 0. The number of fused-ring (bicyclic) bond motifs is 3. The molecular weight excluding hydrogens is 314 g/mol. The van der Waals surface area contributed by atoms with Crippen molar-refractivity contribution in [3.63, 3.8) is 0 Å². The number of halogens is 2. The van der Waals surface area contributed by atoms with E-state index < -0.39 is 10.1 Å². The van der Waals surface area contributed by atoms with E-state index in [0.29, 0.717) is 0 Å². The van der Waals surface area contributed by atoms with E-state index in [9.17, 15) is 17.5 Å².